The number of aromatic nitrogens is 1. The highest BCUT2D eigenvalue weighted by molar-refractivity contribution is 5.62. The second kappa shape index (κ2) is 4.83. The molecule has 1 saturated carbocycles. The average molecular weight is 272 g/mol. The molecule has 4 rings (SSSR count). The fraction of sp³-hybridized carbons (Fsp3) is 0.400. The Morgan fingerprint density at radius 2 is 2.00 bits per heavy atom. The van der Waals surface area contributed by atoms with Crippen molar-refractivity contribution in [3.8, 4) is 22.8 Å². The molecule has 0 unspecified atom stereocenters. The van der Waals surface area contributed by atoms with Crippen LogP contribution in [0.1, 0.15) is 18.7 Å². The lowest BCUT2D eigenvalue weighted by atomic mass is 10.1. The average Bonchev–Trinajstić information content (AvgIpc) is 3.21. The van der Waals surface area contributed by atoms with Crippen LogP contribution in [0.5, 0.6) is 11.5 Å². The first-order valence-corrected chi connectivity index (χ1v) is 6.96. The number of rotatable bonds is 4. The van der Waals surface area contributed by atoms with Gasteiger partial charge in [-0.2, -0.15) is 0 Å². The van der Waals surface area contributed by atoms with E-state index in [4.69, 9.17) is 13.9 Å². The number of hydrogen-bond donors (Lipinski definition) is 1. The first-order valence-electron chi connectivity index (χ1n) is 6.96. The third kappa shape index (κ3) is 2.36. The van der Waals surface area contributed by atoms with Crippen molar-refractivity contribution >= 4 is 0 Å². The molecule has 1 aliphatic carbocycles. The monoisotopic (exact) mass is 272 g/mol. The van der Waals surface area contributed by atoms with Crippen LogP contribution < -0.4 is 14.8 Å². The van der Waals surface area contributed by atoms with Gasteiger partial charge in [0.15, 0.2) is 17.3 Å². The summed E-state index contributed by atoms with van der Waals surface area (Å²) < 4.78 is 16.9. The Labute approximate surface area is 116 Å². The van der Waals surface area contributed by atoms with Gasteiger partial charge in [0, 0.05) is 11.6 Å². The number of hydrogen-bond acceptors (Lipinski definition) is 5. The second-order valence-corrected chi connectivity index (χ2v) is 5.13. The highest BCUT2D eigenvalue weighted by Crippen LogP contribution is 2.34. The van der Waals surface area contributed by atoms with Crippen LogP contribution >= 0.6 is 0 Å². The topological polar surface area (TPSA) is 56.5 Å². The van der Waals surface area contributed by atoms with E-state index < -0.39 is 0 Å². The van der Waals surface area contributed by atoms with Gasteiger partial charge in [0.1, 0.15) is 13.2 Å². The largest absolute Gasteiger partial charge is 0.486 e. The van der Waals surface area contributed by atoms with Crippen molar-refractivity contribution in [1.29, 1.82) is 0 Å². The molecule has 5 nitrogen and oxygen atoms in total. The van der Waals surface area contributed by atoms with Crippen molar-refractivity contribution in [1.82, 2.24) is 10.3 Å². The van der Waals surface area contributed by atoms with Gasteiger partial charge in [-0.25, -0.2) is 4.98 Å². The number of oxazole rings is 1. The van der Waals surface area contributed by atoms with Crippen molar-refractivity contribution in [3.05, 3.63) is 30.3 Å². The molecule has 1 fully saturated rings. The standard InChI is InChI=1S/C15H16N2O3/c1-4-12-13(19-6-5-18-12)7-10(1)14-8-17-15(20-14)9-16-11-2-3-11/h1,4,7-8,11,16H,2-3,5-6,9H2. The molecule has 1 aromatic carbocycles. The Morgan fingerprint density at radius 1 is 1.15 bits per heavy atom. The Balaban J connectivity index is 1.53. The van der Waals surface area contributed by atoms with Gasteiger partial charge in [0.2, 0.25) is 5.89 Å². The molecule has 5 heteroatoms. The number of nitrogens with zero attached hydrogens (tertiary/aromatic N) is 1. The van der Waals surface area contributed by atoms with Gasteiger partial charge in [0.05, 0.1) is 12.7 Å². The molecular weight excluding hydrogens is 256 g/mol. The summed E-state index contributed by atoms with van der Waals surface area (Å²) in [7, 11) is 0. The molecule has 0 spiro atoms. The van der Waals surface area contributed by atoms with Crippen molar-refractivity contribution in [3.63, 3.8) is 0 Å². The van der Waals surface area contributed by atoms with Crippen LogP contribution in [-0.2, 0) is 6.54 Å². The van der Waals surface area contributed by atoms with E-state index in [1.807, 2.05) is 18.2 Å². The number of nitrogens with one attached hydrogen (secondary N) is 1. The van der Waals surface area contributed by atoms with E-state index in [0.717, 1.165) is 28.7 Å². The summed E-state index contributed by atoms with van der Waals surface area (Å²) in [5.41, 5.74) is 0.958. The maximum atomic E-state index is 5.77. The zero-order valence-electron chi connectivity index (χ0n) is 11.1. The zero-order valence-corrected chi connectivity index (χ0v) is 11.1. The fourth-order valence-electron chi connectivity index (χ4n) is 2.24. The van der Waals surface area contributed by atoms with Crippen LogP contribution in [0.2, 0.25) is 0 Å². The molecule has 1 aliphatic heterocycles. The van der Waals surface area contributed by atoms with Gasteiger partial charge >= 0.3 is 0 Å². The van der Waals surface area contributed by atoms with E-state index in [0.29, 0.717) is 25.8 Å². The molecule has 0 amide bonds. The highest BCUT2D eigenvalue weighted by atomic mass is 16.6. The molecule has 104 valence electrons. The first kappa shape index (κ1) is 11.8. The van der Waals surface area contributed by atoms with E-state index >= 15 is 0 Å². The molecule has 2 aliphatic rings. The summed E-state index contributed by atoms with van der Waals surface area (Å²) >= 11 is 0. The van der Waals surface area contributed by atoms with E-state index in [2.05, 4.69) is 10.3 Å². The van der Waals surface area contributed by atoms with Gasteiger partial charge in [-0.1, -0.05) is 0 Å². The summed E-state index contributed by atoms with van der Waals surface area (Å²) in [6, 6.07) is 6.47. The molecular formula is C15H16N2O3. The third-order valence-corrected chi connectivity index (χ3v) is 3.50. The molecule has 1 N–H and O–H groups in total. The lowest BCUT2D eigenvalue weighted by Crippen LogP contribution is -2.15. The SMILES string of the molecule is c1cc2c(cc1-c1cnc(CNC3CC3)o1)OCCO2. The lowest BCUT2D eigenvalue weighted by Gasteiger charge is -2.18. The van der Waals surface area contributed by atoms with Crippen molar-refractivity contribution in [2.24, 2.45) is 0 Å². The molecule has 0 saturated heterocycles. The summed E-state index contributed by atoms with van der Waals surface area (Å²) in [4.78, 5) is 4.30. The number of fused-ring (bicyclic) bond motifs is 1. The van der Waals surface area contributed by atoms with Crippen molar-refractivity contribution < 1.29 is 13.9 Å². The predicted molar refractivity (Wildman–Crippen MR) is 72.8 cm³/mol. The van der Waals surface area contributed by atoms with Crippen LogP contribution in [0.15, 0.2) is 28.8 Å². The normalized spacial score (nSPS) is 17.2. The van der Waals surface area contributed by atoms with Gasteiger partial charge in [0.25, 0.3) is 0 Å². The summed E-state index contributed by atoms with van der Waals surface area (Å²) in [5.74, 6) is 3.04. The fourth-order valence-corrected chi connectivity index (χ4v) is 2.24. The minimum atomic E-state index is 0.587. The van der Waals surface area contributed by atoms with E-state index in [-0.39, 0.29) is 0 Å². The van der Waals surface area contributed by atoms with Gasteiger partial charge in [-0.3, -0.25) is 0 Å². The number of benzene rings is 1. The van der Waals surface area contributed by atoms with E-state index in [1.165, 1.54) is 12.8 Å². The quantitative estimate of drug-likeness (QED) is 0.926. The lowest BCUT2D eigenvalue weighted by molar-refractivity contribution is 0.171. The van der Waals surface area contributed by atoms with Crippen LogP contribution in [0.4, 0.5) is 0 Å². The van der Waals surface area contributed by atoms with Crippen LogP contribution in [0.25, 0.3) is 11.3 Å². The maximum Gasteiger partial charge on any atom is 0.208 e. The zero-order chi connectivity index (χ0) is 13.4. The smallest absolute Gasteiger partial charge is 0.208 e. The molecule has 2 aromatic rings. The van der Waals surface area contributed by atoms with Crippen LogP contribution in [0.3, 0.4) is 0 Å². The van der Waals surface area contributed by atoms with Crippen molar-refractivity contribution in [2.75, 3.05) is 13.2 Å². The Kier molecular flexibility index (Phi) is 2.85. The van der Waals surface area contributed by atoms with Crippen molar-refractivity contribution in [2.45, 2.75) is 25.4 Å². The molecule has 20 heavy (non-hydrogen) atoms. The van der Waals surface area contributed by atoms with E-state index in [9.17, 15) is 0 Å². The minimum absolute atomic E-state index is 0.587. The van der Waals surface area contributed by atoms with E-state index in [1.54, 1.807) is 6.20 Å². The molecule has 2 heterocycles. The summed E-state index contributed by atoms with van der Waals surface area (Å²) in [6.07, 6.45) is 4.28. The Bertz CT molecular complexity index is 619. The predicted octanol–water partition coefficient (Wildman–Crippen LogP) is 2.36. The van der Waals surface area contributed by atoms with Gasteiger partial charge < -0.3 is 19.2 Å². The second-order valence-electron chi connectivity index (χ2n) is 5.13. The highest BCUT2D eigenvalue weighted by Gasteiger charge is 2.21. The summed E-state index contributed by atoms with van der Waals surface area (Å²) in [6.45, 7) is 1.88. The minimum Gasteiger partial charge on any atom is -0.486 e. The molecule has 0 radical (unpaired) electrons. The van der Waals surface area contributed by atoms with Gasteiger partial charge in [-0.05, 0) is 31.0 Å². The molecule has 1 aromatic heterocycles. The van der Waals surface area contributed by atoms with Gasteiger partial charge in [-0.15, -0.1) is 0 Å². The number of ether oxygens (including phenoxy) is 2. The van der Waals surface area contributed by atoms with Crippen LogP contribution in [-0.4, -0.2) is 24.2 Å². The molecule has 0 atom stereocenters. The Morgan fingerprint density at radius 3 is 2.85 bits per heavy atom. The van der Waals surface area contributed by atoms with Crippen LogP contribution in [0, 0.1) is 0 Å². The summed E-state index contributed by atoms with van der Waals surface area (Å²) in [5, 5.41) is 3.39. The first-order chi connectivity index (χ1) is 9.88. The Hall–Kier alpha value is -2.01. The third-order valence-electron chi connectivity index (χ3n) is 3.50. The maximum absolute atomic E-state index is 5.77. The molecule has 0 bridgehead atoms.